The zero-order valence-corrected chi connectivity index (χ0v) is 46.9. The standard InChI is InChI=1S/C72H67BN2S/c1-44-41-59-65-60(42-44)75(57-37-31-47(69(5,6)7)43-50(57)45-21-13-12-14-22-45)58-38-35-54-63(49-23-15-16-24-51(49)72(54)52-25-17-19-27-61(52)76-62-28-20-18-26-53(62)72)66(58)73(65)56-36-34-55-64(71(10,11)40-39-70(55,8)9)67(56)74(59)48-32-29-46(30-33-48)68(2,3)4/h12-38,41-43H,39-40H2,1-11H3. The van der Waals surface area contributed by atoms with Crippen LogP contribution in [0.4, 0.5) is 34.1 Å². The molecule has 9 aromatic carbocycles. The molecule has 4 heteroatoms. The average Bonchev–Trinajstić information content (AvgIpc) is 3.82. The molecular formula is C72H67BN2S. The fourth-order valence-electron chi connectivity index (χ4n) is 14.5. The molecule has 3 aliphatic heterocycles. The molecule has 14 rings (SSSR count). The lowest BCUT2D eigenvalue weighted by atomic mass is 9.32. The Morgan fingerprint density at radius 1 is 0.461 bits per heavy atom. The predicted octanol–water partition coefficient (Wildman–Crippen LogP) is 17.5. The van der Waals surface area contributed by atoms with Crippen LogP contribution < -0.4 is 26.2 Å². The molecule has 0 saturated carbocycles. The van der Waals surface area contributed by atoms with Crippen molar-refractivity contribution in [3.63, 3.8) is 0 Å². The molecule has 0 amide bonds. The number of aryl methyl sites for hydroxylation is 1. The maximum atomic E-state index is 2.72. The fraction of sp³-hybridized carbons (Fsp3) is 0.250. The number of rotatable bonds is 3. The lowest BCUT2D eigenvalue weighted by molar-refractivity contribution is 0.333. The van der Waals surface area contributed by atoms with Crippen molar-refractivity contribution in [2.24, 2.45) is 0 Å². The summed E-state index contributed by atoms with van der Waals surface area (Å²) in [5.74, 6) is 0. The highest BCUT2D eigenvalue weighted by atomic mass is 32.2. The predicted molar refractivity (Wildman–Crippen MR) is 325 cm³/mol. The second-order valence-corrected chi connectivity index (χ2v) is 27.1. The number of benzene rings is 9. The van der Waals surface area contributed by atoms with E-state index < -0.39 is 5.41 Å². The van der Waals surface area contributed by atoms with Gasteiger partial charge in [0.1, 0.15) is 0 Å². The third-order valence-corrected chi connectivity index (χ3v) is 19.5. The van der Waals surface area contributed by atoms with Gasteiger partial charge in [-0.15, -0.1) is 0 Å². The van der Waals surface area contributed by atoms with Crippen LogP contribution in [0.3, 0.4) is 0 Å². The zero-order chi connectivity index (χ0) is 52.4. The Morgan fingerprint density at radius 2 is 1.03 bits per heavy atom. The number of fused-ring (bicyclic) bond motifs is 16. The summed E-state index contributed by atoms with van der Waals surface area (Å²) in [5, 5.41) is 0. The van der Waals surface area contributed by atoms with Crippen molar-refractivity contribution in [3.05, 3.63) is 232 Å². The third kappa shape index (κ3) is 6.62. The summed E-state index contributed by atoms with van der Waals surface area (Å²) in [5.41, 5.74) is 28.6. The molecule has 0 atom stereocenters. The Labute approximate surface area is 456 Å². The van der Waals surface area contributed by atoms with Gasteiger partial charge in [-0.05, 0) is 179 Å². The van der Waals surface area contributed by atoms with E-state index in [1.807, 2.05) is 11.8 Å². The zero-order valence-electron chi connectivity index (χ0n) is 46.1. The van der Waals surface area contributed by atoms with E-state index in [1.54, 1.807) is 0 Å². The summed E-state index contributed by atoms with van der Waals surface area (Å²) >= 11 is 1.92. The number of hydrogen-bond acceptors (Lipinski definition) is 3. The van der Waals surface area contributed by atoms with Crippen molar-refractivity contribution in [3.8, 4) is 22.3 Å². The van der Waals surface area contributed by atoms with E-state index in [2.05, 4.69) is 268 Å². The Bertz CT molecular complexity index is 3860. The van der Waals surface area contributed by atoms with Crippen molar-refractivity contribution < 1.29 is 0 Å². The molecule has 2 nitrogen and oxygen atoms in total. The summed E-state index contributed by atoms with van der Waals surface area (Å²) in [7, 11) is 0. The molecular weight excluding hydrogens is 936 g/mol. The summed E-state index contributed by atoms with van der Waals surface area (Å²) in [4.78, 5) is 8.06. The normalized spacial score (nSPS) is 16.7. The van der Waals surface area contributed by atoms with Crippen LogP contribution in [0.1, 0.15) is 132 Å². The largest absolute Gasteiger partial charge is 0.311 e. The van der Waals surface area contributed by atoms with E-state index in [0.717, 1.165) is 12.8 Å². The minimum absolute atomic E-state index is 0.0142. The second-order valence-electron chi connectivity index (χ2n) is 26.0. The van der Waals surface area contributed by atoms with Crippen molar-refractivity contribution in [1.82, 2.24) is 0 Å². The molecule has 76 heavy (non-hydrogen) atoms. The smallest absolute Gasteiger partial charge is 0.252 e. The molecule has 374 valence electrons. The Hall–Kier alpha value is -7.01. The third-order valence-electron chi connectivity index (χ3n) is 18.3. The van der Waals surface area contributed by atoms with Crippen molar-refractivity contribution in [1.29, 1.82) is 0 Å². The Morgan fingerprint density at radius 3 is 1.70 bits per heavy atom. The van der Waals surface area contributed by atoms with Gasteiger partial charge in [0.2, 0.25) is 0 Å². The maximum Gasteiger partial charge on any atom is 0.252 e. The molecule has 0 bridgehead atoms. The Kier molecular flexibility index (Phi) is 10.2. The molecule has 2 aliphatic carbocycles. The maximum absolute atomic E-state index is 2.72. The van der Waals surface area contributed by atoms with E-state index in [0.29, 0.717) is 0 Å². The highest BCUT2D eigenvalue weighted by Crippen LogP contribution is 2.63. The van der Waals surface area contributed by atoms with E-state index in [4.69, 9.17) is 0 Å². The molecule has 0 unspecified atom stereocenters. The lowest BCUT2D eigenvalue weighted by Gasteiger charge is -2.50. The number of nitrogens with zero attached hydrogens (tertiary/aromatic N) is 2. The highest BCUT2D eigenvalue weighted by molar-refractivity contribution is 7.99. The molecule has 0 saturated heterocycles. The van der Waals surface area contributed by atoms with Crippen LogP contribution in [-0.4, -0.2) is 6.71 Å². The minimum Gasteiger partial charge on any atom is -0.311 e. The van der Waals surface area contributed by atoms with Crippen LogP contribution in [0.25, 0.3) is 22.3 Å². The van der Waals surface area contributed by atoms with Gasteiger partial charge in [0.05, 0.1) is 11.1 Å². The SMILES string of the molecule is Cc1cc2c3c(c1)N(c1ccc(C(C)(C)C)cc1)c1c(ccc4c1C(C)(C)CCC4(C)C)B3c1c(ccc3c1-c1ccccc1C31c3ccccc3Sc3ccccc31)N2c1ccc(C(C)(C)C)cc1-c1ccccc1. The molecule has 3 heterocycles. The molecule has 0 fully saturated rings. The number of hydrogen-bond donors (Lipinski definition) is 0. The topological polar surface area (TPSA) is 6.48 Å². The fourth-order valence-corrected chi connectivity index (χ4v) is 15.7. The Balaban J connectivity index is 1.17. The number of anilines is 6. The van der Waals surface area contributed by atoms with Gasteiger partial charge in [0.15, 0.2) is 0 Å². The summed E-state index contributed by atoms with van der Waals surface area (Å²) in [6, 6.07) is 71.3. The molecule has 5 aliphatic rings. The van der Waals surface area contributed by atoms with Gasteiger partial charge in [-0.1, -0.05) is 208 Å². The molecule has 0 radical (unpaired) electrons. The van der Waals surface area contributed by atoms with Gasteiger partial charge < -0.3 is 9.80 Å². The van der Waals surface area contributed by atoms with Crippen LogP contribution in [0.15, 0.2) is 192 Å². The van der Waals surface area contributed by atoms with Crippen LogP contribution >= 0.6 is 11.8 Å². The second kappa shape index (κ2) is 16.3. The van der Waals surface area contributed by atoms with Crippen molar-refractivity contribution >= 4 is 69.0 Å². The summed E-state index contributed by atoms with van der Waals surface area (Å²) in [6.45, 7) is 26.3. The van der Waals surface area contributed by atoms with Gasteiger partial charge >= 0.3 is 0 Å². The summed E-state index contributed by atoms with van der Waals surface area (Å²) < 4.78 is 0. The lowest BCUT2D eigenvalue weighted by Crippen LogP contribution is -2.62. The van der Waals surface area contributed by atoms with Gasteiger partial charge in [0.25, 0.3) is 6.71 Å². The molecule has 9 aromatic rings. The first kappa shape index (κ1) is 47.4. The monoisotopic (exact) mass is 1000 g/mol. The van der Waals surface area contributed by atoms with Crippen LogP contribution in [-0.2, 0) is 27.1 Å². The van der Waals surface area contributed by atoms with Crippen molar-refractivity contribution in [2.45, 2.75) is 126 Å². The van der Waals surface area contributed by atoms with Crippen molar-refractivity contribution in [2.75, 3.05) is 9.80 Å². The quantitative estimate of drug-likeness (QED) is 0.163. The van der Waals surface area contributed by atoms with E-state index in [1.165, 1.54) is 133 Å². The van der Waals surface area contributed by atoms with Gasteiger partial charge in [-0.2, -0.15) is 0 Å². The van der Waals surface area contributed by atoms with Crippen LogP contribution in [0.2, 0.25) is 0 Å². The van der Waals surface area contributed by atoms with Gasteiger partial charge in [-0.3, -0.25) is 0 Å². The van der Waals surface area contributed by atoms with Gasteiger partial charge in [-0.25, -0.2) is 0 Å². The first-order chi connectivity index (χ1) is 36.4. The van der Waals surface area contributed by atoms with E-state index >= 15 is 0 Å². The first-order valence-electron chi connectivity index (χ1n) is 27.8. The first-order valence-corrected chi connectivity index (χ1v) is 28.6. The summed E-state index contributed by atoms with van der Waals surface area (Å²) in [6.07, 6.45) is 2.27. The van der Waals surface area contributed by atoms with Crippen LogP contribution in [0, 0.1) is 6.92 Å². The highest BCUT2D eigenvalue weighted by Gasteiger charge is 2.55. The molecule has 0 N–H and O–H groups in total. The van der Waals surface area contributed by atoms with E-state index in [9.17, 15) is 0 Å². The molecule has 0 aromatic heterocycles. The van der Waals surface area contributed by atoms with Gasteiger partial charge in [0, 0.05) is 43.8 Å². The van der Waals surface area contributed by atoms with Crippen LogP contribution in [0.5, 0.6) is 0 Å². The molecule has 1 spiro atoms. The average molecular weight is 1000 g/mol. The minimum atomic E-state index is -0.523. The van der Waals surface area contributed by atoms with E-state index in [-0.39, 0.29) is 28.4 Å².